The third-order valence-electron chi connectivity index (χ3n) is 4.52. The Morgan fingerprint density at radius 3 is 2.62 bits per heavy atom. The molecule has 3 aromatic rings. The molecule has 0 saturated heterocycles. The van der Waals surface area contributed by atoms with E-state index in [-0.39, 0.29) is 18.2 Å². The number of rotatable bonds is 8. The van der Waals surface area contributed by atoms with Gasteiger partial charge >= 0.3 is 0 Å². The van der Waals surface area contributed by atoms with Crippen LogP contribution in [-0.2, 0) is 24.3 Å². The number of halogens is 2. The molecule has 0 aliphatic carbocycles. The number of thioether (sulfide) groups is 1. The summed E-state index contributed by atoms with van der Waals surface area (Å²) < 4.78 is 16.0. The molecule has 29 heavy (non-hydrogen) atoms. The molecule has 1 amide bonds. The highest BCUT2D eigenvalue weighted by molar-refractivity contribution is 7.99. The van der Waals surface area contributed by atoms with Crippen molar-refractivity contribution in [1.82, 2.24) is 19.7 Å². The number of benzene rings is 2. The molecule has 0 atom stereocenters. The molecule has 0 N–H and O–H groups in total. The van der Waals surface area contributed by atoms with Crippen molar-refractivity contribution in [3.63, 3.8) is 0 Å². The van der Waals surface area contributed by atoms with Gasteiger partial charge in [-0.2, -0.15) is 0 Å². The fourth-order valence-corrected chi connectivity index (χ4v) is 4.08. The van der Waals surface area contributed by atoms with Crippen molar-refractivity contribution >= 4 is 29.3 Å². The summed E-state index contributed by atoms with van der Waals surface area (Å²) in [5.74, 6) is 0.497. The van der Waals surface area contributed by atoms with Gasteiger partial charge in [-0.05, 0) is 24.6 Å². The van der Waals surface area contributed by atoms with E-state index in [1.165, 1.54) is 22.7 Å². The zero-order valence-corrected chi connectivity index (χ0v) is 17.9. The van der Waals surface area contributed by atoms with Crippen LogP contribution in [0.25, 0.3) is 0 Å². The van der Waals surface area contributed by atoms with Gasteiger partial charge in [-0.1, -0.05) is 59.8 Å². The molecule has 2 aromatic carbocycles. The molecule has 0 aliphatic rings. The van der Waals surface area contributed by atoms with Crippen LogP contribution in [0.4, 0.5) is 4.39 Å². The van der Waals surface area contributed by atoms with Crippen LogP contribution in [0.15, 0.2) is 53.7 Å². The van der Waals surface area contributed by atoms with Crippen molar-refractivity contribution in [3.05, 3.63) is 76.3 Å². The van der Waals surface area contributed by atoms with Crippen molar-refractivity contribution in [2.75, 3.05) is 12.8 Å². The van der Waals surface area contributed by atoms with Crippen LogP contribution in [0.5, 0.6) is 0 Å². The zero-order valence-electron chi connectivity index (χ0n) is 16.3. The molecule has 8 heteroatoms. The summed E-state index contributed by atoms with van der Waals surface area (Å²) in [4.78, 5) is 14.0. The van der Waals surface area contributed by atoms with Gasteiger partial charge in [0.25, 0.3) is 0 Å². The Balaban J connectivity index is 1.62. The largest absolute Gasteiger partial charge is 0.341 e. The first-order valence-electron chi connectivity index (χ1n) is 9.25. The molecule has 0 saturated carbocycles. The van der Waals surface area contributed by atoms with E-state index >= 15 is 0 Å². The van der Waals surface area contributed by atoms with Gasteiger partial charge in [0.15, 0.2) is 5.16 Å². The van der Waals surface area contributed by atoms with Crippen molar-refractivity contribution in [2.45, 2.75) is 31.6 Å². The van der Waals surface area contributed by atoms with E-state index in [0.717, 1.165) is 11.4 Å². The molecule has 5 nitrogen and oxygen atoms in total. The molecule has 1 heterocycles. The van der Waals surface area contributed by atoms with E-state index in [2.05, 4.69) is 10.2 Å². The summed E-state index contributed by atoms with van der Waals surface area (Å²) in [5.41, 5.74) is 1.47. The Bertz CT molecular complexity index is 960. The second-order valence-electron chi connectivity index (χ2n) is 6.54. The van der Waals surface area contributed by atoms with Crippen LogP contribution in [0, 0.1) is 5.82 Å². The number of aromatic nitrogens is 3. The lowest BCUT2D eigenvalue weighted by molar-refractivity contribution is -0.127. The predicted molar refractivity (Wildman–Crippen MR) is 114 cm³/mol. The minimum Gasteiger partial charge on any atom is -0.341 e. The van der Waals surface area contributed by atoms with Crippen LogP contribution in [0.3, 0.4) is 0 Å². The molecule has 0 aliphatic heterocycles. The summed E-state index contributed by atoms with van der Waals surface area (Å²) >= 11 is 7.39. The average molecular weight is 433 g/mol. The van der Waals surface area contributed by atoms with Crippen LogP contribution < -0.4 is 0 Å². The summed E-state index contributed by atoms with van der Waals surface area (Å²) in [6.07, 6.45) is 0.682. The van der Waals surface area contributed by atoms with Gasteiger partial charge in [0, 0.05) is 37.1 Å². The van der Waals surface area contributed by atoms with E-state index in [1.807, 2.05) is 41.8 Å². The maximum atomic E-state index is 14.0. The fourth-order valence-electron chi connectivity index (χ4n) is 2.90. The SMILES string of the molecule is CCn1c(Cc2ccccc2)nnc1SCC(=O)N(C)Cc1c(F)cccc1Cl. The lowest BCUT2D eigenvalue weighted by Crippen LogP contribution is -2.28. The Hall–Kier alpha value is -2.38. The standard InChI is InChI=1S/C21H22ClFN4OS/c1-3-27-19(12-15-8-5-4-6-9-15)24-25-21(27)29-14-20(28)26(2)13-16-17(22)10-7-11-18(16)23/h4-11H,3,12-14H2,1-2H3. The number of hydrogen-bond donors (Lipinski definition) is 0. The average Bonchev–Trinajstić information content (AvgIpc) is 3.11. The first-order valence-corrected chi connectivity index (χ1v) is 10.6. The van der Waals surface area contributed by atoms with Crippen molar-refractivity contribution in [3.8, 4) is 0 Å². The van der Waals surface area contributed by atoms with Gasteiger partial charge in [-0.15, -0.1) is 10.2 Å². The quantitative estimate of drug-likeness (QED) is 0.494. The normalized spacial score (nSPS) is 10.9. The highest BCUT2D eigenvalue weighted by atomic mass is 35.5. The number of amides is 1. The van der Waals surface area contributed by atoms with Gasteiger partial charge < -0.3 is 9.47 Å². The van der Waals surface area contributed by atoms with E-state index in [9.17, 15) is 9.18 Å². The first kappa shape index (κ1) is 21.3. The smallest absolute Gasteiger partial charge is 0.233 e. The maximum absolute atomic E-state index is 14.0. The summed E-state index contributed by atoms with van der Waals surface area (Å²) in [5, 5.41) is 9.56. The molecule has 0 unspecified atom stereocenters. The minimum atomic E-state index is -0.416. The molecule has 152 valence electrons. The van der Waals surface area contributed by atoms with E-state index in [4.69, 9.17) is 11.6 Å². The topological polar surface area (TPSA) is 51.0 Å². The lowest BCUT2D eigenvalue weighted by Gasteiger charge is -2.18. The zero-order chi connectivity index (χ0) is 20.8. The Morgan fingerprint density at radius 1 is 1.17 bits per heavy atom. The number of carbonyl (C=O) groups excluding carboxylic acids is 1. The summed E-state index contributed by atoms with van der Waals surface area (Å²) in [7, 11) is 1.64. The van der Waals surface area contributed by atoms with Crippen LogP contribution >= 0.6 is 23.4 Å². The number of hydrogen-bond acceptors (Lipinski definition) is 4. The third kappa shape index (κ3) is 5.36. The Morgan fingerprint density at radius 2 is 1.93 bits per heavy atom. The maximum Gasteiger partial charge on any atom is 0.233 e. The third-order valence-corrected chi connectivity index (χ3v) is 5.83. The van der Waals surface area contributed by atoms with E-state index in [0.29, 0.717) is 28.7 Å². The van der Waals surface area contributed by atoms with Gasteiger partial charge in [-0.3, -0.25) is 4.79 Å². The second kappa shape index (κ2) is 9.89. The summed E-state index contributed by atoms with van der Waals surface area (Å²) in [6.45, 7) is 2.85. The molecule has 3 rings (SSSR count). The predicted octanol–water partition coefficient (Wildman–Crippen LogP) is 4.43. The van der Waals surface area contributed by atoms with Gasteiger partial charge in [0.1, 0.15) is 11.6 Å². The van der Waals surface area contributed by atoms with Crippen LogP contribution in [-0.4, -0.2) is 38.4 Å². The Labute approximate surface area is 178 Å². The molecular formula is C21H22ClFN4OS. The van der Waals surface area contributed by atoms with Gasteiger partial charge in [0.2, 0.25) is 5.91 Å². The van der Waals surface area contributed by atoms with E-state index < -0.39 is 5.82 Å². The monoisotopic (exact) mass is 432 g/mol. The molecule has 1 aromatic heterocycles. The van der Waals surface area contributed by atoms with Crippen molar-refractivity contribution in [2.24, 2.45) is 0 Å². The highest BCUT2D eigenvalue weighted by Crippen LogP contribution is 2.22. The fraction of sp³-hybridized carbons (Fsp3) is 0.286. The molecule has 0 bridgehead atoms. The summed E-state index contributed by atoms with van der Waals surface area (Å²) in [6, 6.07) is 14.6. The van der Waals surface area contributed by atoms with E-state index in [1.54, 1.807) is 19.2 Å². The van der Waals surface area contributed by atoms with Gasteiger partial charge in [0.05, 0.1) is 5.75 Å². The van der Waals surface area contributed by atoms with Crippen molar-refractivity contribution < 1.29 is 9.18 Å². The number of carbonyl (C=O) groups is 1. The van der Waals surface area contributed by atoms with Crippen molar-refractivity contribution in [1.29, 1.82) is 0 Å². The number of nitrogens with zero attached hydrogens (tertiary/aromatic N) is 4. The highest BCUT2D eigenvalue weighted by Gasteiger charge is 2.17. The first-order chi connectivity index (χ1) is 14.0. The second-order valence-corrected chi connectivity index (χ2v) is 7.89. The molecule has 0 radical (unpaired) electrons. The Kier molecular flexibility index (Phi) is 7.28. The minimum absolute atomic E-state index is 0.116. The van der Waals surface area contributed by atoms with Crippen LogP contribution in [0.2, 0.25) is 5.02 Å². The lowest BCUT2D eigenvalue weighted by atomic mass is 10.1. The molecule has 0 spiro atoms. The molecular weight excluding hydrogens is 411 g/mol. The van der Waals surface area contributed by atoms with Crippen LogP contribution in [0.1, 0.15) is 23.9 Å². The van der Waals surface area contributed by atoms with Gasteiger partial charge in [-0.25, -0.2) is 4.39 Å². The molecule has 0 fully saturated rings.